The van der Waals surface area contributed by atoms with Crippen LogP contribution in [0.1, 0.15) is 25.0 Å². The molecule has 1 heterocycles. The number of rotatable bonds is 3. The number of phenols is 1. The number of ether oxygens (including phenoxy) is 1. The smallest absolute Gasteiger partial charge is 0.209 e. The first-order valence-electron chi connectivity index (χ1n) is 7.71. The normalized spacial score (nSPS) is 16.0. The molecule has 0 unspecified atom stereocenters. The van der Waals surface area contributed by atoms with E-state index in [1.807, 2.05) is 12.1 Å². The van der Waals surface area contributed by atoms with Gasteiger partial charge in [0.2, 0.25) is 5.69 Å². The van der Waals surface area contributed by atoms with Crippen molar-refractivity contribution in [3.8, 4) is 11.5 Å². The first-order chi connectivity index (χ1) is 10.9. The molecule has 0 radical (unpaired) electrons. The number of nitrogens with zero attached hydrogens (tertiary/aromatic N) is 1. The van der Waals surface area contributed by atoms with Crippen LogP contribution in [0.5, 0.6) is 11.5 Å². The molecule has 0 atom stereocenters. The minimum absolute atomic E-state index is 0.0388. The number of allylic oxidation sites excluding steroid dienone is 1. The molecule has 0 amide bonds. The maximum atomic E-state index is 9.70. The summed E-state index contributed by atoms with van der Waals surface area (Å²) in [7, 11) is 3.66. The van der Waals surface area contributed by atoms with Crippen LogP contribution in [0.3, 0.4) is 0 Å². The van der Waals surface area contributed by atoms with Crippen molar-refractivity contribution in [3.05, 3.63) is 59.7 Å². The summed E-state index contributed by atoms with van der Waals surface area (Å²) >= 11 is 0. The lowest BCUT2D eigenvalue weighted by Gasteiger charge is -2.15. The number of phenolic OH excluding ortho intramolecular Hbond substituents is 1. The van der Waals surface area contributed by atoms with Gasteiger partial charge >= 0.3 is 0 Å². The van der Waals surface area contributed by atoms with Gasteiger partial charge in [0.1, 0.15) is 7.05 Å². The van der Waals surface area contributed by atoms with E-state index in [2.05, 4.69) is 61.9 Å². The Balaban J connectivity index is 1.99. The molecule has 0 aromatic heterocycles. The number of methoxy groups -OCH3 is 1. The lowest BCUT2D eigenvalue weighted by Crippen LogP contribution is -2.26. The highest BCUT2D eigenvalue weighted by Gasteiger charge is 2.42. The van der Waals surface area contributed by atoms with E-state index >= 15 is 0 Å². The first-order valence-corrected chi connectivity index (χ1v) is 7.71. The summed E-state index contributed by atoms with van der Waals surface area (Å²) in [4.78, 5) is 0. The fourth-order valence-corrected chi connectivity index (χ4v) is 3.27. The first kappa shape index (κ1) is 15.3. The minimum Gasteiger partial charge on any atom is -0.504 e. The molecule has 3 heteroatoms. The van der Waals surface area contributed by atoms with Gasteiger partial charge in [0, 0.05) is 17.7 Å². The standard InChI is InChI=1S/C20H21NO2/c1-20(2)15-7-5-6-8-16(15)21(3)19(20)12-10-14-9-11-17(22)18(13-14)23-4/h5-13H,1-4H3/p+1. The fourth-order valence-electron chi connectivity index (χ4n) is 3.27. The predicted molar refractivity (Wildman–Crippen MR) is 94.0 cm³/mol. The maximum Gasteiger partial charge on any atom is 0.209 e. The van der Waals surface area contributed by atoms with Crippen molar-refractivity contribution < 1.29 is 14.4 Å². The van der Waals surface area contributed by atoms with Gasteiger partial charge in [0.05, 0.1) is 12.5 Å². The maximum absolute atomic E-state index is 9.70. The Morgan fingerprint density at radius 1 is 1.09 bits per heavy atom. The summed E-state index contributed by atoms with van der Waals surface area (Å²) in [6.07, 6.45) is 4.20. The van der Waals surface area contributed by atoms with Crippen LogP contribution in [0.2, 0.25) is 0 Å². The molecule has 2 aromatic carbocycles. The lowest BCUT2D eigenvalue weighted by molar-refractivity contribution is -0.401. The molecule has 2 aromatic rings. The highest BCUT2D eigenvalue weighted by molar-refractivity contribution is 6.05. The highest BCUT2D eigenvalue weighted by Crippen LogP contribution is 2.39. The van der Waals surface area contributed by atoms with Crippen LogP contribution < -0.4 is 4.74 Å². The van der Waals surface area contributed by atoms with Crippen LogP contribution in [-0.4, -0.2) is 29.6 Å². The van der Waals surface area contributed by atoms with Crippen LogP contribution >= 0.6 is 0 Å². The van der Waals surface area contributed by atoms with Crippen LogP contribution in [0.15, 0.2) is 48.5 Å². The third-order valence-electron chi connectivity index (χ3n) is 4.58. The van der Waals surface area contributed by atoms with Crippen molar-refractivity contribution in [2.45, 2.75) is 19.3 Å². The SMILES string of the molecule is COc1cc(C=CC2=[N+](C)c3ccccc3C2(C)C)ccc1O. The summed E-state index contributed by atoms with van der Waals surface area (Å²) in [6.45, 7) is 4.48. The second kappa shape index (κ2) is 5.58. The van der Waals surface area contributed by atoms with Gasteiger partial charge in [-0.1, -0.05) is 24.3 Å². The molecule has 23 heavy (non-hydrogen) atoms. The molecule has 0 saturated heterocycles. The van der Waals surface area contributed by atoms with Crippen molar-refractivity contribution in [3.63, 3.8) is 0 Å². The van der Waals surface area contributed by atoms with Crippen molar-refractivity contribution in [1.82, 2.24) is 0 Å². The molecule has 1 aliphatic rings. The second-order valence-corrected chi connectivity index (χ2v) is 6.35. The van der Waals surface area contributed by atoms with Gasteiger partial charge in [-0.05, 0) is 37.6 Å². The summed E-state index contributed by atoms with van der Waals surface area (Å²) < 4.78 is 7.41. The number of hydrogen-bond donors (Lipinski definition) is 1. The fraction of sp³-hybridized carbons (Fsp3) is 0.250. The zero-order valence-electron chi connectivity index (χ0n) is 14.0. The molecular weight excluding hydrogens is 286 g/mol. The second-order valence-electron chi connectivity index (χ2n) is 6.35. The lowest BCUT2D eigenvalue weighted by atomic mass is 9.81. The predicted octanol–water partition coefficient (Wildman–Crippen LogP) is 4.12. The number of hydrogen-bond acceptors (Lipinski definition) is 2. The molecule has 0 aliphatic carbocycles. The summed E-state index contributed by atoms with van der Waals surface area (Å²) in [5.74, 6) is 0.641. The summed E-state index contributed by atoms with van der Waals surface area (Å²) in [6, 6.07) is 13.9. The van der Waals surface area contributed by atoms with E-state index in [0.717, 1.165) is 5.56 Å². The third kappa shape index (κ3) is 2.52. The van der Waals surface area contributed by atoms with Crippen molar-refractivity contribution >= 4 is 17.5 Å². The van der Waals surface area contributed by atoms with Crippen LogP contribution in [-0.2, 0) is 5.41 Å². The Morgan fingerprint density at radius 2 is 1.83 bits per heavy atom. The number of benzene rings is 2. The van der Waals surface area contributed by atoms with Gasteiger partial charge < -0.3 is 9.84 Å². The van der Waals surface area contributed by atoms with E-state index < -0.39 is 0 Å². The number of aromatic hydroxyl groups is 1. The number of fused-ring (bicyclic) bond motifs is 1. The quantitative estimate of drug-likeness (QED) is 0.865. The molecule has 0 fully saturated rings. The topological polar surface area (TPSA) is 32.5 Å². The Bertz CT molecular complexity index is 816. The summed E-state index contributed by atoms with van der Waals surface area (Å²) in [5.41, 5.74) is 4.78. The van der Waals surface area contributed by atoms with Crippen molar-refractivity contribution in [2.75, 3.05) is 14.2 Å². The molecular formula is C20H22NO2+. The zero-order valence-corrected chi connectivity index (χ0v) is 14.0. The highest BCUT2D eigenvalue weighted by atomic mass is 16.5. The molecule has 3 nitrogen and oxygen atoms in total. The van der Waals surface area contributed by atoms with Crippen LogP contribution in [0.4, 0.5) is 5.69 Å². The van der Waals surface area contributed by atoms with Gasteiger partial charge in [-0.2, -0.15) is 4.58 Å². The molecule has 1 N–H and O–H groups in total. The Labute approximate surface area is 137 Å². The van der Waals surface area contributed by atoms with Gasteiger partial charge in [-0.3, -0.25) is 0 Å². The van der Waals surface area contributed by atoms with Crippen molar-refractivity contribution in [2.24, 2.45) is 0 Å². The molecule has 0 spiro atoms. The van der Waals surface area contributed by atoms with E-state index in [1.54, 1.807) is 13.2 Å². The van der Waals surface area contributed by atoms with Crippen LogP contribution in [0, 0.1) is 0 Å². The molecule has 0 bridgehead atoms. The average molecular weight is 308 g/mol. The van der Waals surface area contributed by atoms with Gasteiger partial charge in [-0.25, -0.2) is 0 Å². The van der Waals surface area contributed by atoms with Crippen molar-refractivity contribution in [1.29, 1.82) is 0 Å². The monoisotopic (exact) mass is 308 g/mol. The molecule has 1 aliphatic heterocycles. The minimum atomic E-state index is -0.0388. The Hall–Kier alpha value is -2.55. The van der Waals surface area contributed by atoms with Gasteiger partial charge in [0.15, 0.2) is 17.2 Å². The molecule has 0 saturated carbocycles. The van der Waals surface area contributed by atoms with E-state index in [9.17, 15) is 5.11 Å². The molecule has 118 valence electrons. The third-order valence-corrected chi connectivity index (χ3v) is 4.58. The van der Waals surface area contributed by atoms with Crippen LogP contribution in [0.25, 0.3) is 6.08 Å². The Kier molecular flexibility index (Phi) is 3.72. The Morgan fingerprint density at radius 3 is 2.52 bits per heavy atom. The molecule has 3 rings (SSSR count). The number of para-hydroxylation sites is 1. The van der Waals surface area contributed by atoms with E-state index in [4.69, 9.17) is 4.74 Å². The van der Waals surface area contributed by atoms with E-state index in [0.29, 0.717) is 5.75 Å². The van der Waals surface area contributed by atoms with E-state index in [1.165, 1.54) is 17.0 Å². The van der Waals surface area contributed by atoms with E-state index in [-0.39, 0.29) is 11.2 Å². The zero-order chi connectivity index (χ0) is 16.6. The van der Waals surface area contributed by atoms with Gasteiger partial charge in [-0.15, -0.1) is 0 Å². The summed E-state index contributed by atoms with van der Waals surface area (Å²) in [5, 5.41) is 9.70. The van der Waals surface area contributed by atoms with Gasteiger partial charge in [0.25, 0.3) is 0 Å². The average Bonchev–Trinajstić information content (AvgIpc) is 2.74. The largest absolute Gasteiger partial charge is 0.504 e.